The molecule has 0 radical (unpaired) electrons. The van der Waals surface area contributed by atoms with Crippen LogP contribution in [0.4, 0.5) is 8.78 Å². The number of hydrogen-bond acceptors (Lipinski definition) is 6. The van der Waals surface area contributed by atoms with E-state index in [4.69, 9.17) is 16.5 Å². The number of fused-ring (bicyclic) bond motifs is 1. The number of benzene rings is 1. The van der Waals surface area contributed by atoms with E-state index in [1.54, 1.807) is 12.3 Å². The molecule has 4 N–H and O–H groups in total. The number of piperidine rings is 2. The molecule has 4 heterocycles. The zero-order valence-corrected chi connectivity index (χ0v) is 22.5. The number of amides is 1. The lowest BCUT2D eigenvalue weighted by molar-refractivity contribution is -0.138. The Balaban J connectivity index is 1.24. The Bertz CT molecular complexity index is 1450. The highest BCUT2D eigenvalue weighted by Gasteiger charge is 2.32. The van der Waals surface area contributed by atoms with Crippen LogP contribution in [0.1, 0.15) is 31.7 Å². The first-order valence-electron chi connectivity index (χ1n) is 13.7. The van der Waals surface area contributed by atoms with E-state index in [0.29, 0.717) is 47.9 Å². The molecule has 3 aromatic rings. The van der Waals surface area contributed by atoms with Gasteiger partial charge in [0.05, 0.1) is 0 Å². The maximum Gasteiger partial charge on any atom is 0.225 e. The van der Waals surface area contributed by atoms with Gasteiger partial charge in [-0.25, -0.2) is 18.7 Å². The van der Waals surface area contributed by atoms with E-state index in [9.17, 15) is 13.6 Å². The number of carbonyl (C=O) groups excluding carboxylic acids is 1. The maximum atomic E-state index is 14.1. The van der Waals surface area contributed by atoms with Gasteiger partial charge >= 0.3 is 0 Å². The highest BCUT2D eigenvalue weighted by molar-refractivity contribution is 5.79. The van der Waals surface area contributed by atoms with Crippen LogP contribution in [0.5, 0.6) is 0 Å². The van der Waals surface area contributed by atoms with Crippen molar-refractivity contribution >= 4 is 17.1 Å². The number of nitrogens with zero attached hydrogens (tertiary/aromatic N) is 5. The zero-order valence-electron chi connectivity index (χ0n) is 22.5. The average molecular weight is 548 g/mol. The molecule has 2 aromatic heterocycles. The molecule has 2 aliphatic heterocycles. The quantitative estimate of drug-likeness (QED) is 0.431. The number of aromatic nitrogens is 3. The van der Waals surface area contributed by atoms with Gasteiger partial charge in [-0.3, -0.25) is 9.69 Å². The lowest BCUT2D eigenvalue weighted by Crippen LogP contribution is -2.46. The SMILES string of the molecule is C=C(N)/C=C(\C=C/N)CN1CCC(C(=O)N2CCC(n3c(-c4ccc(F)c(F)c4)nc4cccnc43)CC2)CC1. The number of allylic oxidation sites excluding steroid dienone is 1. The molecule has 0 unspecified atom stereocenters. The summed E-state index contributed by atoms with van der Waals surface area (Å²) in [5.74, 6) is -1.04. The minimum Gasteiger partial charge on any atom is -0.405 e. The van der Waals surface area contributed by atoms with E-state index in [0.717, 1.165) is 50.4 Å². The molecule has 2 aliphatic rings. The van der Waals surface area contributed by atoms with Gasteiger partial charge in [-0.1, -0.05) is 6.58 Å². The molecular formula is C30H35F2N7O. The van der Waals surface area contributed by atoms with Crippen molar-refractivity contribution in [3.63, 3.8) is 0 Å². The number of nitrogens with two attached hydrogens (primary N) is 2. The number of halogens is 2. The van der Waals surface area contributed by atoms with Gasteiger partial charge in [-0.05, 0) is 93.0 Å². The van der Waals surface area contributed by atoms with Gasteiger partial charge in [0.1, 0.15) is 11.3 Å². The van der Waals surface area contributed by atoms with Crippen LogP contribution in [0.2, 0.25) is 0 Å². The van der Waals surface area contributed by atoms with E-state index >= 15 is 0 Å². The van der Waals surface area contributed by atoms with Crippen LogP contribution in [0.3, 0.4) is 0 Å². The third-order valence-corrected chi connectivity index (χ3v) is 7.79. The van der Waals surface area contributed by atoms with E-state index in [1.165, 1.54) is 12.3 Å². The van der Waals surface area contributed by atoms with Crippen LogP contribution >= 0.6 is 0 Å². The van der Waals surface area contributed by atoms with Gasteiger partial charge in [0, 0.05) is 49.1 Å². The highest BCUT2D eigenvalue weighted by Crippen LogP contribution is 2.34. The largest absolute Gasteiger partial charge is 0.405 e. The molecule has 0 bridgehead atoms. The molecule has 0 aliphatic carbocycles. The Kier molecular flexibility index (Phi) is 8.25. The summed E-state index contributed by atoms with van der Waals surface area (Å²) in [6, 6.07) is 7.54. The maximum absolute atomic E-state index is 14.1. The molecule has 0 saturated carbocycles. The normalized spacial score (nSPS) is 18.1. The molecule has 10 heteroatoms. The smallest absolute Gasteiger partial charge is 0.225 e. The fourth-order valence-electron chi connectivity index (χ4n) is 5.82. The van der Waals surface area contributed by atoms with E-state index in [1.807, 2.05) is 33.8 Å². The summed E-state index contributed by atoms with van der Waals surface area (Å²) in [4.78, 5) is 27.0. The first-order chi connectivity index (χ1) is 19.3. The van der Waals surface area contributed by atoms with Crippen LogP contribution < -0.4 is 11.5 Å². The van der Waals surface area contributed by atoms with Crippen molar-refractivity contribution in [1.29, 1.82) is 0 Å². The lowest BCUT2D eigenvalue weighted by Gasteiger charge is -2.38. The molecule has 1 amide bonds. The molecule has 8 nitrogen and oxygen atoms in total. The van der Waals surface area contributed by atoms with Gasteiger partial charge in [0.2, 0.25) is 5.91 Å². The molecule has 0 spiro atoms. The number of carbonyl (C=O) groups is 1. The molecule has 210 valence electrons. The predicted molar refractivity (Wildman–Crippen MR) is 152 cm³/mol. The van der Waals surface area contributed by atoms with E-state index < -0.39 is 11.6 Å². The summed E-state index contributed by atoms with van der Waals surface area (Å²) in [5.41, 5.74) is 14.7. The van der Waals surface area contributed by atoms with Crippen LogP contribution in [-0.4, -0.2) is 63.0 Å². The van der Waals surface area contributed by atoms with Crippen molar-refractivity contribution in [3.8, 4) is 11.4 Å². The molecule has 2 fully saturated rings. The molecule has 1 aromatic carbocycles. The average Bonchev–Trinajstić information content (AvgIpc) is 3.34. The zero-order chi connectivity index (χ0) is 28.2. The lowest BCUT2D eigenvalue weighted by atomic mass is 9.93. The molecule has 0 atom stereocenters. The summed E-state index contributed by atoms with van der Waals surface area (Å²) in [6.45, 7) is 7.35. The standard InChI is InChI=1S/C30H35F2N7O/c1-20(34)17-21(6-11-33)19-37-13-7-22(8-14-37)30(40)38-15-9-24(10-16-38)39-28(23-4-5-25(31)26(32)18-23)36-27-3-2-12-35-29(27)39/h2-6,11-12,17-18,22,24H,1,7-10,13-16,19,33-34H2/b11-6-,21-17+. The Morgan fingerprint density at radius 2 is 1.82 bits per heavy atom. The topological polar surface area (TPSA) is 106 Å². The Hall–Kier alpha value is -4.05. The van der Waals surface area contributed by atoms with Crippen LogP contribution in [-0.2, 0) is 4.79 Å². The minimum atomic E-state index is -0.913. The number of rotatable bonds is 7. The van der Waals surface area contributed by atoms with Crippen molar-refractivity contribution in [2.75, 3.05) is 32.7 Å². The Labute approximate surface area is 232 Å². The van der Waals surface area contributed by atoms with Crippen LogP contribution in [0.15, 0.2) is 72.7 Å². The first kappa shape index (κ1) is 27.5. The summed E-state index contributed by atoms with van der Waals surface area (Å²) in [5, 5.41) is 0. The number of pyridine rings is 1. The fraction of sp³-hybridized carbons (Fsp3) is 0.367. The van der Waals surface area contributed by atoms with Crippen molar-refractivity contribution in [1.82, 2.24) is 24.3 Å². The third kappa shape index (κ3) is 5.91. The van der Waals surface area contributed by atoms with E-state index in [-0.39, 0.29) is 17.9 Å². The summed E-state index contributed by atoms with van der Waals surface area (Å²) < 4.78 is 29.7. The monoisotopic (exact) mass is 547 g/mol. The van der Waals surface area contributed by atoms with Crippen molar-refractivity contribution in [2.24, 2.45) is 17.4 Å². The molecular weight excluding hydrogens is 512 g/mol. The second-order valence-electron chi connectivity index (χ2n) is 10.5. The van der Waals surface area contributed by atoms with Gasteiger partial charge < -0.3 is 20.9 Å². The van der Waals surface area contributed by atoms with Gasteiger partial charge in [0.25, 0.3) is 0 Å². The second kappa shape index (κ2) is 12.0. The van der Waals surface area contributed by atoms with Crippen molar-refractivity contribution in [3.05, 3.63) is 84.4 Å². The molecule has 40 heavy (non-hydrogen) atoms. The van der Waals surface area contributed by atoms with E-state index in [2.05, 4.69) is 16.5 Å². The highest BCUT2D eigenvalue weighted by atomic mass is 19.2. The number of imidazole rings is 1. The molecule has 5 rings (SSSR count). The van der Waals surface area contributed by atoms with Crippen molar-refractivity contribution < 1.29 is 13.6 Å². The third-order valence-electron chi connectivity index (χ3n) is 7.79. The second-order valence-corrected chi connectivity index (χ2v) is 10.5. The summed E-state index contributed by atoms with van der Waals surface area (Å²) in [7, 11) is 0. The first-order valence-corrected chi connectivity index (χ1v) is 13.7. The Morgan fingerprint density at radius 1 is 1.07 bits per heavy atom. The van der Waals surface area contributed by atoms with Gasteiger partial charge in [-0.15, -0.1) is 0 Å². The number of likely N-dealkylation sites (tertiary alicyclic amines) is 2. The van der Waals surface area contributed by atoms with Gasteiger partial charge in [0.15, 0.2) is 17.3 Å². The Morgan fingerprint density at radius 3 is 2.50 bits per heavy atom. The van der Waals surface area contributed by atoms with Gasteiger partial charge in [-0.2, -0.15) is 0 Å². The number of hydrogen-bond donors (Lipinski definition) is 2. The molecule has 2 saturated heterocycles. The van der Waals surface area contributed by atoms with Crippen molar-refractivity contribution in [2.45, 2.75) is 31.7 Å². The van der Waals surface area contributed by atoms with Crippen LogP contribution in [0.25, 0.3) is 22.6 Å². The van der Waals surface area contributed by atoms with Crippen LogP contribution in [0, 0.1) is 17.6 Å². The fourth-order valence-corrected chi connectivity index (χ4v) is 5.82. The predicted octanol–water partition coefficient (Wildman–Crippen LogP) is 4.12. The minimum absolute atomic E-state index is 0.00301. The summed E-state index contributed by atoms with van der Waals surface area (Å²) >= 11 is 0. The summed E-state index contributed by atoms with van der Waals surface area (Å²) in [6.07, 6.45) is 9.92.